The van der Waals surface area contributed by atoms with Crippen LogP contribution in [0, 0.1) is 11.7 Å². The van der Waals surface area contributed by atoms with Crippen LogP contribution in [0.3, 0.4) is 0 Å². The number of nitrogen functional groups attached to an aromatic ring is 1. The number of nitrogens with two attached hydrogens (primary N) is 1. The summed E-state index contributed by atoms with van der Waals surface area (Å²) in [6.45, 7) is 5.44. The van der Waals surface area contributed by atoms with Gasteiger partial charge in [0.2, 0.25) is 0 Å². The van der Waals surface area contributed by atoms with E-state index in [2.05, 4.69) is 12.2 Å². The molecule has 1 aliphatic carbocycles. The minimum Gasteiger partial charge on any atom is -0.462 e. The van der Waals surface area contributed by atoms with Crippen molar-refractivity contribution in [3.63, 3.8) is 0 Å². The number of halogens is 1. The van der Waals surface area contributed by atoms with Gasteiger partial charge in [-0.2, -0.15) is 0 Å². The van der Waals surface area contributed by atoms with Gasteiger partial charge in [-0.15, -0.1) is 11.3 Å². The highest BCUT2D eigenvalue weighted by Gasteiger charge is 2.30. The number of amides is 1. The van der Waals surface area contributed by atoms with E-state index in [1.165, 1.54) is 24.3 Å². The largest absolute Gasteiger partial charge is 0.462 e. The van der Waals surface area contributed by atoms with E-state index in [0.717, 1.165) is 41.8 Å². The summed E-state index contributed by atoms with van der Waals surface area (Å²) in [7, 11) is 0. The summed E-state index contributed by atoms with van der Waals surface area (Å²) in [6, 6.07) is 3.52. The van der Waals surface area contributed by atoms with Crippen molar-refractivity contribution in [2.45, 2.75) is 46.1 Å². The average molecular weight is 449 g/mol. The molecule has 166 valence electrons. The first-order valence-corrected chi connectivity index (χ1v) is 10.9. The quantitative estimate of drug-likeness (QED) is 0.512. The van der Waals surface area contributed by atoms with Gasteiger partial charge in [-0.25, -0.2) is 14.0 Å². The van der Waals surface area contributed by atoms with Crippen LogP contribution in [0.2, 0.25) is 0 Å². The minimum absolute atomic E-state index is 0.197. The van der Waals surface area contributed by atoms with Gasteiger partial charge >= 0.3 is 11.9 Å². The second-order valence-electron chi connectivity index (χ2n) is 7.55. The molecule has 31 heavy (non-hydrogen) atoms. The van der Waals surface area contributed by atoms with Crippen molar-refractivity contribution in [2.75, 3.05) is 17.7 Å². The molecule has 0 saturated carbocycles. The third-order valence-corrected chi connectivity index (χ3v) is 6.26. The number of thiophene rings is 1. The van der Waals surface area contributed by atoms with E-state index in [-0.39, 0.29) is 17.9 Å². The van der Waals surface area contributed by atoms with Gasteiger partial charge in [-0.3, -0.25) is 4.79 Å². The Morgan fingerprint density at radius 2 is 2.06 bits per heavy atom. The number of nitrogens with one attached hydrogen (secondary N) is 1. The number of fused-ring (bicyclic) bond motifs is 1. The maximum atomic E-state index is 13.9. The number of carbonyl (C=O) groups is 3. The Bertz CT molecular complexity index is 1020. The lowest BCUT2D eigenvalue weighted by Gasteiger charge is -2.18. The van der Waals surface area contributed by atoms with Crippen molar-refractivity contribution in [3.05, 3.63) is 45.6 Å². The zero-order valence-corrected chi connectivity index (χ0v) is 18.4. The molecule has 0 aliphatic heterocycles. The Balaban J connectivity index is 1.78. The predicted octanol–water partition coefficient (Wildman–Crippen LogP) is 3.95. The van der Waals surface area contributed by atoms with Crippen LogP contribution in [-0.4, -0.2) is 30.6 Å². The van der Waals surface area contributed by atoms with Gasteiger partial charge in [0.1, 0.15) is 10.8 Å². The molecule has 0 unspecified atom stereocenters. The minimum atomic E-state index is -1.22. The van der Waals surface area contributed by atoms with Crippen LogP contribution < -0.4 is 11.1 Å². The molecule has 3 rings (SSSR count). The van der Waals surface area contributed by atoms with Gasteiger partial charge in [0.15, 0.2) is 6.10 Å². The molecule has 2 atom stereocenters. The molecule has 0 saturated heterocycles. The lowest BCUT2D eigenvalue weighted by Crippen LogP contribution is -2.30. The van der Waals surface area contributed by atoms with Gasteiger partial charge in [-0.1, -0.05) is 6.92 Å². The normalized spacial score (nSPS) is 16.2. The molecule has 1 aromatic carbocycles. The first-order chi connectivity index (χ1) is 14.7. The van der Waals surface area contributed by atoms with Crippen molar-refractivity contribution in [1.82, 2.24) is 0 Å². The number of hydrogen-bond donors (Lipinski definition) is 2. The van der Waals surface area contributed by atoms with Gasteiger partial charge in [-0.05, 0) is 62.8 Å². The molecular formula is C22H25FN2O5S. The third-order valence-electron chi connectivity index (χ3n) is 5.09. The molecule has 0 spiro atoms. The molecule has 1 aliphatic rings. The summed E-state index contributed by atoms with van der Waals surface area (Å²) in [6.07, 6.45) is 1.28. The predicted molar refractivity (Wildman–Crippen MR) is 116 cm³/mol. The molecule has 7 nitrogen and oxygen atoms in total. The van der Waals surface area contributed by atoms with Crippen molar-refractivity contribution < 1.29 is 28.2 Å². The van der Waals surface area contributed by atoms with Gasteiger partial charge in [0.05, 0.1) is 17.7 Å². The Labute approximate surface area is 183 Å². The molecule has 1 amide bonds. The Morgan fingerprint density at radius 3 is 2.77 bits per heavy atom. The first kappa shape index (κ1) is 22.7. The van der Waals surface area contributed by atoms with Crippen molar-refractivity contribution in [3.8, 4) is 0 Å². The van der Waals surface area contributed by atoms with E-state index in [9.17, 15) is 18.8 Å². The Hall–Kier alpha value is -2.94. The molecule has 3 N–H and O–H groups in total. The molecule has 1 aromatic heterocycles. The van der Waals surface area contributed by atoms with Crippen molar-refractivity contribution in [2.24, 2.45) is 5.92 Å². The summed E-state index contributed by atoms with van der Waals surface area (Å²) in [5.41, 5.74) is 6.70. The summed E-state index contributed by atoms with van der Waals surface area (Å²) in [5, 5.41) is 3.06. The second kappa shape index (κ2) is 9.47. The summed E-state index contributed by atoms with van der Waals surface area (Å²) in [5.74, 6) is -2.43. The summed E-state index contributed by atoms with van der Waals surface area (Å²) < 4.78 is 24.2. The third kappa shape index (κ3) is 5.04. The highest BCUT2D eigenvalue weighted by atomic mass is 32.1. The van der Waals surface area contributed by atoms with Crippen LogP contribution in [0.4, 0.5) is 15.1 Å². The lowest BCUT2D eigenvalue weighted by molar-refractivity contribution is -0.123. The van der Waals surface area contributed by atoms with E-state index in [0.29, 0.717) is 16.5 Å². The maximum absolute atomic E-state index is 13.9. The first-order valence-electron chi connectivity index (χ1n) is 10.1. The molecule has 0 radical (unpaired) electrons. The SMILES string of the molecule is CCOC(=O)c1c(NC(=O)[C@H](C)OC(=O)c2cc(N)ccc2F)sc2c1CC[C@H](C)C2. The van der Waals surface area contributed by atoms with Crippen LogP contribution in [0.15, 0.2) is 18.2 Å². The maximum Gasteiger partial charge on any atom is 0.341 e. The molecule has 2 aromatic rings. The van der Waals surface area contributed by atoms with Crippen LogP contribution in [-0.2, 0) is 27.1 Å². The van der Waals surface area contributed by atoms with Crippen LogP contribution in [0.25, 0.3) is 0 Å². The van der Waals surface area contributed by atoms with Crippen LogP contribution in [0.1, 0.15) is 58.3 Å². The van der Waals surface area contributed by atoms with Crippen molar-refractivity contribution in [1.29, 1.82) is 0 Å². The number of anilines is 2. The van der Waals surface area contributed by atoms with Crippen LogP contribution in [0.5, 0.6) is 0 Å². The van der Waals surface area contributed by atoms with E-state index in [1.54, 1.807) is 6.92 Å². The molecule has 9 heteroatoms. The van der Waals surface area contributed by atoms with Gasteiger partial charge in [0, 0.05) is 10.6 Å². The van der Waals surface area contributed by atoms with E-state index in [1.807, 2.05) is 0 Å². The highest BCUT2D eigenvalue weighted by Crippen LogP contribution is 2.40. The van der Waals surface area contributed by atoms with E-state index >= 15 is 0 Å². The molecular weight excluding hydrogens is 423 g/mol. The molecule has 1 heterocycles. The summed E-state index contributed by atoms with van der Waals surface area (Å²) >= 11 is 1.34. The van der Waals surface area contributed by atoms with E-state index in [4.69, 9.17) is 15.2 Å². The fraction of sp³-hybridized carbons (Fsp3) is 0.409. The summed E-state index contributed by atoms with van der Waals surface area (Å²) in [4.78, 5) is 38.6. The lowest BCUT2D eigenvalue weighted by atomic mass is 9.88. The zero-order valence-electron chi connectivity index (χ0n) is 17.6. The van der Waals surface area contributed by atoms with Crippen molar-refractivity contribution >= 4 is 39.9 Å². The standard InChI is InChI=1S/C22H25FN2O5S/c1-4-29-22(28)18-14-7-5-11(2)9-17(14)31-20(18)25-19(26)12(3)30-21(27)15-10-13(24)6-8-16(15)23/h6,8,10-12H,4-5,7,9,24H2,1-3H3,(H,25,26)/t11-,12-/m0/s1. The topological polar surface area (TPSA) is 108 Å². The zero-order chi connectivity index (χ0) is 22.7. The average Bonchev–Trinajstić information content (AvgIpc) is 3.06. The number of carbonyl (C=O) groups excluding carboxylic acids is 3. The smallest absolute Gasteiger partial charge is 0.341 e. The van der Waals surface area contributed by atoms with Gasteiger partial charge < -0.3 is 20.5 Å². The highest BCUT2D eigenvalue weighted by molar-refractivity contribution is 7.17. The fourth-order valence-corrected chi connectivity index (χ4v) is 4.85. The monoisotopic (exact) mass is 448 g/mol. The number of benzene rings is 1. The Kier molecular flexibility index (Phi) is 6.94. The number of ether oxygens (including phenoxy) is 2. The fourth-order valence-electron chi connectivity index (χ4n) is 3.45. The number of rotatable bonds is 6. The number of hydrogen-bond acceptors (Lipinski definition) is 7. The van der Waals surface area contributed by atoms with E-state index < -0.39 is 29.8 Å². The van der Waals surface area contributed by atoms with Gasteiger partial charge in [0.25, 0.3) is 5.91 Å². The number of esters is 2. The second-order valence-corrected chi connectivity index (χ2v) is 8.66. The van der Waals surface area contributed by atoms with Crippen LogP contribution >= 0.6 is 11.3 Å². The Morgan fingerprint density at radius 1 is 1.32 bits per heavy atom. The molecule has 0 fully saturated rings. The molecule has 0 bridgehead atoms.